The quantitative estimate of drug-likeness (QED) is 0.492. The maximum Gasteiger partial charge on any atom is 0.109 e. The fourth-order valence-electron chi connectivity index (χ4n) is 2.07. The van der Waals surface area contributed by atoms with Gasteiger partial charge in [0, 0.05) is 11.1 Å². The molecule has 0 radical (unpaired) electrons. The highest BCUT2D eigenvalue weighted by atomic mass is 16.5. The van der Waals surface area contributed by atoms with E-state index in [9.17, 15) is 10.4 Å². The third-order valence-corrected chi connectivity index (χ3v) is 2.89. The molecule has 18 heavy (non-hydrogen) atoms. The summed E-state index contributed by atoms with van der Waals surface area (Å²) in [5.74, 6) is 0. The van der Waals surface area contributed by atoms with Gasteiger partial charge in [0.05, 0.1) is 5.54 Å². The standard InChI is InChI=1S/C14H22N2O2/c1-13(2,3)16(18)14(4,5)12(15-17)11-9-7-6-8-10-11/h6-10,17-18H,1-5H3/b15-12+. The van der Waals surface area contributed by atoms with Gasteiger partial charge >= 0.3 is 0 Å². The number of hydrogen-bond donors (Lipinski definition) is 2. The molecule has 0 amide bonds. The van der Waals surface area contributed by atoms with Crippen molar-refractivity contribution in [3.63, 3.8) is 0 Å². The van der Waals surface area contributed by atoms with Crippen molar-refractivity contribution in [1.29, 1.82) is 0 Å². The van der Waals surface area contributed by atoms with Crippen molar-refractivity contribution in [2.75, 3.05) is 0 Å². The van der Waals surface area contributed by atoms with Crippen molar-refractivity contribution in [2.45, 2.75) is 45.7 Å². The predicted octanol–water partition coefficient (Wildman–Crippen LogP) is 3.13. The molecule has 0 saturated carbocycles. The van der Waals surface area contributed by atoms with Crippen molar-refractivity contribution in [2.24, 2.45) is 5.16 Å². The average molecular weight is 250 g/mol. The van der Waals surface area contributed by atoms with E-state index in [0.717, 1.165) is 5.56 Å². The number of nitrogens with zero attached hydrogens (tertiary/aromatic N) is 2. The van der Waals surface area contributed by atoms with E-state index in [-0.39, 0.29) is 0 Å². The number of rotatable bonds is 3. The van der Waals surface area contributed by atoms with E-state index in [2.05, 4.69) is 5.16 Å². The van der Waals surface area contributed by atoms with Crippen LogP contribution in [0.15, 0.2) is 35.5 Å². The second-order valence-electron chi connectivity index (χ2n) is 5.86. The summed E-state index contributed by atoms with van der Waals surface area (Å²) in [7, 11) is 0. The number of hydrogen-bond acceptors (Lipinski definition) is 4. The monoisotopic (exact) mass is 250 g/mol. The minimum absolute atomic E-state index is 0.431. The van der Waals surface area contributed by atoms with E-state index in [0.29, 0.717) is 5.71 Å². The molecule has 0 fully saturated rings. The van der Waals surface area contributed by atoms with E-state index in [1.165, 1.54) is 5.06 Å². The zero-order valence-electron chi connectivity index (χ0n) is 11.7. The van der Waals surface area contributed by atoms with E-state index in [4.69, 9.17) is 0 Å². The van der Waals surface area contributed by atoms with Crippen LogP contribution in [0.1, 0.15) is 40.2 Å². The molecule has 0 saturated heterocycles. The molecule has 0 spiro atoms. The Kier molecular flexibility index (Phi) is 4.14. The average Bonchev–Trinajstić information content (AvgIpc) is 2.29. The molecule has 0 atom stereocenters. The molecule has 1 aromatic rings. The van der Waals surface area contributed by atoms with Gasteiger partial charge in [-0.1, -0.05) is 35.5 Å². The fourth-order valence-corrected chi connectivity index (χ4v) is 2.07. The molecular weight excluding hydrogens is 228 g/mol. The second kappa shape index (κ2) is 5.08. The molecule has 2 N–H and O–H groups in total. The first kappa shape index (κ1) is 14.7. The Labute approximate surface area is 109 Å². The lowest BCUT2D eigenvalue weighted by atomic mass is 9.88. The molecule has 1 aromatic carbocycles. The van der Waals surface area contributed by atoms with Crippen molar-refractivity contribution >= 4 is 5.71 Å². The molecule has 0 bridgehead atoms. The van der Waals surface area contributed by atoms with Crippen LogP contribution in [0.2, 0.25) is 0 Å². The largest absolute Gasteiger partial charge is 0.411 e. The minimum Gasteiger partial charge on any atom is -0.411 e. The fraction of sp³-hybridized carbons (Fsp3) is 0.500. The summed E-state index contributed by atoms with van der Waals surface area (Å²) >= 11 is 0. The highest BCUT2D eigenvalue weighted by molar-refractivity contribution is 6.06. The topological polar surface area (TPSA) is 56.1 Å². The number of benzene rings is 1. The molecule has 0 heterocycles. The van der Waals surface area contributed by atoms with Crippen LogP contribution in [0.3, 0.4) is 0 Å². The summed E-state index contributed by atoms with van der Waals surface area (Å²) < 4.78 is 0. The van der Waals surface area contributed by atoms with Crippen molar-refractivity contribution in [1.82, 2.24) is 5.06 Å². The van der Waals surface area contributed by atoms with Crippen LogP contribution in [-0.2, 0) is 0 Å². The van der Waals surface area contributed by atoms with Gasteiger partial charge in [-0.25, -0.2) is 0 Å². The highest BCUT2D eigenvalue weighted by Gasteiger charge is 2.39. The lowest BCUT2D eigenvalue weighted by molar-refractivity contribution is -0.197. The Morgan fingerprint density at radius 1 is 1.06 bits per heavy atom. The first-order chi connectivity index (χ1) is 8.21. The van der Waals surface area contributed by atoms with Gasteiger partial charge in [-0.3, -0.25) is 0 Å². The lowest BCUT2D eigenvalue weighted by Gasteiger charge is -2.42. The van der Waals surface area contributed by atoms with Crippen LogP contribution in [-0.4, -0.2) is 32.3 Å². The van der Waals surface area contributed by atoms with Crippen molar-refractivity contribution in [3.8, 4) is 0 Å². The Morgan fingerprint density at radius 2 is 1.56 bits per heavy atom. The van der Waals surface area contributed by atoms with E-state index >= 15 is 0 Å². The second-order valence-corrected chi connectivity index (χ2v) is 5.86. The molecule has 1 rings (SSSR count). The van der Waals surface area contributed by atoms with Crippen LogP contribution in [0.5, 0.6) is 0 Å². The summed E-state index contributed by atoms with van der Waals surface area (Å²) in [5.41, 5.74) is -0.0309. The van der Waals surface area contributed by atoms with Gasteiger partial charge in [-0.05, 0) is 34.6 Å². The molecule has 0 aliphatic carbocycles. The molecule has 4 nitrogen and oxygen atoms in total. The summed E-state index contributed by atoms with van der Waals surface area (Å²) in [5, 5.41) is 24.2. The normalized spacial score (nSPS) is 14.1. The highest BCUT2D eigenvalue weighted by Crippen LogP contribution is 2.26. The third kappa shape index (κ3) is 2.89. The molecule has 0 aromatic heterocycles. The van der Waals surface area contributed by atoms with Gasteiger partial charge in [0.2, 0.25) is 0 Å². The van der Waals surface area contributed by atoms with Crippen LogP contribution in [0, 0.1) is 0 Å². The van der Waals surface area contributed by atoms with Crippen LogP contribution in [0.4, 0.5) is 0 Å². The van der Waals surface area contributed by atoms with Gasteiger partial charge in [-0.2, -0.15) is 5.06 Å². The maximum absolute atomic E-state index is 10.3. The minimum atomic E-state index is -0.797. The smallest absolute Gasteiger partial charge is 0.109 e. The summed E-state index contributed by atoms with van der Waals surface area (Å²) in [6.07, 6.45) is 0. The van der Waals surface area contributed by atoms with Gasteiger partial charge < -0.3 is 10.4 Å². The van der Waals surface area contributed by atoms with E-state index in [1.807, 2.05) is 65.0 Å². The zero-order valence-corrected chi connectivity index (χ0v) is 11.7. The van der Waals surface area contributed by atoms with Gasteiger partial charge in [-0.15, -0.1) is 0 Å². The molecule has 0 aliphatic rings. The Hall–Kier alpha value is -1.39. The Morgan fingerprint density at radius 3 is 1.94 bits per heavy atom. The van der Waals surface area contributed by atoms with Crippen molar-refractivity contribution in [3.05, 3.63) is 35.9 Å². The molecule has 100 valence electrons. The van der Waals surface area contributed by atoms with Crippen LogP contribution < -0.4 is 0 Å². The Bertz CT molecular complexity index is 419. The van der Waals surface area contributed by atoms with Gasteiger partial charge in [0.25, 0.3) is 0 Å². The van der Waals surface area contributed by atoms with Gasteiger partial charge in [0.1, 0.15) is 5.71 Å². The first-order valence-corrected chi connectivity index (χ1v) is 5.98. The SMILES string of the molecule is CC(C)(C)N(O)C(C)(C)/C(=N/O)c1ccccc1. The summed E-state index contributed by atoms with van der Waals surface area (Å²) in [6.45, 7) is 9.33. The van der Waals surface area contributed by atoms with Crippen molar-refractivity contribution < 1.29 is 10.4 Å². The van der Waals surface area contributed by atoms with Crippen LogP contribution in [0.25, 0.3) is 0 Å². The van der Waals surface area contributed by atoms with E-state index in [1.54, 1.807) is 0 Å². The molecule has 0 unspecified atom stereocenters. The molecular formula is C14H22N2O2. The lowest BCUT2D eigenvalue weighted by Crippen LogP contribution is -2.56. The summed E-state index contributed by atoms with van der Waals surface area (Å²) in [4.78, 5) is 0. The molecule has 4 heteroatoms. The third-order valence-electron chi connectivity index (χ3n) is 2.89. The van der Waals surface area contributed by atoms with Gasteiger partial charge in [0.15, 0.2) is 0 Å². The predicted molar refractivity (Wildman–Crippen MR) is 72.2 cm³/mol. The van der Waals surface area contributed by atoms with Crippen LogP contribution >= 0.6 is 0 Å². The Balaban J connectivity index is 3.18. The maximum atomic E-state index is 10.3. The summed E-state index contributed by atoms with van der Waals surface area (Å²) in [6, 6.07) is 9.34. The zero-order chi connectivity index (χ0) is 14.0. The van der Waals surface area contributed by atoms with E-state index < -0.39 is 11.1 Å². The number of oxime groups is 1. The first-order valence-electron chi connectivity index (χ1n) is 5.98. The molecule has 0 aliphatic heterocycles. The number of hydroxylamine groups is 2.